The molecule has 0 unspecified atom stereocenters. The van der Waals surface area contributed by atoms with Gasteiger partial charge in [-0.2, -0.15) is 0 Å². The van der Waals surface area contributed by atoms with E-state index in [-0.39, 0.29) is 0 Å². The van der Waals surface area contributed by atoms with Gasteiger partial charge in [-0.05, 0) is 43.4 Å². The quantitative estimate of drug-likeness (QED) is 0.842. The van der Waals surface area contributed by atoms with Crippen LogP contribution in [0.4, 0.5) is 0 Å². The number of H-pyrrole nitrogens is 1. The molecule has 4 rings (SSSR count). The van der Waals surface area contributed by atoms with E-state index in [1.807, 2.05) is 0 Å². The molecule has 3 nitrogen and oxygen atoms in total. The molecule has 2 aromatic rings. The first-order chi connectivity index (χ1) is 8.92. The van der Waals surface area contributed by atoms with E-state index in [0.717, 1.165) is 12.4 Å². The number of hydrogen-bond donors (Lipinski definition) is 1. The zero-order valence-corrected chi connectivity index (χ0v) is 10.4. The number of epoxide rings is 1. The molecule has 1 saturated heterocycles. The molecule has 94 valence electrons. The van der Waals surface area contributed by atoms with E-state index in [1.54, 1.807) is 0 Å². The molecule has 0 bridgehead atoms. The number of aryl methyl sites for hydroxylation is 2. The molecule has 1 fully saturated rings. The minimum atomic E-state index is 0.315. The third-order valence-electron chi connectivity index (χ3n) is 3.91. The summed E-state index contributed by atoms with van der Waals surface area (Å²) in [6.45, 7) is 1.53. The molecule has 1 aliphatic heterocycles. The van der Waals surface area contributed by atoms with Gasteiger partial charge in [0.15, 0.2) is 0 Å². The molecular weight excluding hydrogens is 226 g/mol. The van der Waals surface area contributed by atoms with Gasteiger partial charge in [-0.1, -0.05) is 6.07 Å². The van der Waals surface area contributed by atoms with Crippen LogP contribution >= 0.6 is 0 Å². The molecule has 2 heterocycles. The summed E-state index contributed by atoms with van der Waals surface area (Å²) in [6.07, 6.45) is 5.26. The van der Waals surface area contributed by atoms with Crippen molar-refractivity contribution in [2.45, 2.75) is 31.8 Å². The Morgan fingerprint density at radius 3 is 3.06 bits per heavy atom. The number of ether oxygens (including phenoxy) is 2. The van der Waals surface area contributed by atoms with Crippen LogP contribution in [0.1, 0.15) is 24.1 Å². The number of aromatic amines is 1. The van der Waals surface area contributed by atoms with Crippen LogP contribution in [0.3, 0.4) is 0 Å². The van der Waals surface area contributed by atoms with Crippen LogP contribution in [0.5, 0.6) is 5.75 Å². The average Bonchev–Trinajstić information content (AvgIpc) is 3.15. The molecule has 1 aliphatic carbocycles. The fraction of sp³-hybridized carbons (Fsp3) is 0.467. The summed E-state index contributed by atoms with van der Waals surface area (Å²) in [4.78, 5) is 3.55. The lowest BCUT2D eigenvalue weighted by molar-refractivity contribution is 0.265. The van der Waals surface area contributed by atoms with Gasteiger partial charge in [0.2, 0.25) is 0 Å². The molecule has 1 atom stereocenters. The lowest BCUT2D eigenvalue weighted by atomic mass is 9.95. The molecule has 1 N–H and O–H groups in total. The van der Waals surface area contributed by atoms with Crippen molar-refractivity contribution in [1.29, 1.82) is 0 Å². The Hall–Kier alpha value is -1.48. The lowest BCUT2D eigenvalue weighted by Crippen LogP contribution is -2.05. The first-order valence-corrected chi connectivity index (χ1v) is 6.78. The standard InChI is InChI=1S/C15H17NO2/c1-2-5-12-11(4-1)15-13(16-12)6-3-7-14(15)18-9-10-8-17-10/h3,6-7,10,16H,1-2,4-5,8-9H2/t10-/m1/s1. The van der Waals surface area contributed by atoms with Crippen molar-refractivity contribution in [2.24, 2.45) is 0 Å². The van der Waals surface area contributed by atoms with Crippen LogP contribution in [-0.2, 0) is 17.6 Å². The second kappa shape index (κ2) is 4.02. The van der Waals surface area contributed by atoms with Crippen molar-refractivity contribution in [3.63, 3.8) is 0 Å². The van der Waals surface area contributed by atoms with Gasteiger partial charge in [-0.25, -0.2) is 0 Å². The van der Waals surface area contributed by atoms with Gasteiger partial charge >= 0.3 is 0 Å². The first kappa shape index (κ1) is 10.4. The van der Waals surface area contributed by atoms with Crippen molar-refractivity contribution >= 4 is 10.9 Å². The molecule has 1 aromatic heterocycles. The highest BCUT2D eigenvalue weighted by molar-refractivity contribution is 5.90. The zero-order chi connectivity index (χ0) is 11.9. The SMILES string of the molecule is c1cc(OC[C@H]2CO2)c2c3c([nH]c2c1)CCCC3. The summed E-state index contributed by atoms with van der Waals surface area (Å²) in [6, 6.07) is 6.29. The maximum absolute atomic E-state index is 5.92. The molecular formula is C15H17NO2. The largest absolute Gasteiger partial charge is 0.490 e. The summed E-state index contributed by atoms with van der Waals surface area (Å²) in [5.41, 5.74) is 4.11. The molecule has 0 radical (unpaired) electrons. The second-order valence-electron chi connectivity index (χ2n) is 5.23. The Bertz CT molecular complexity index is 583. The van der Waals surface area contributed by atoms with Gasteiger partial charge in [0.05, 0.1) is 6.61 Å². The maximum Gasteiger partial charge on any atom is 0.129 e. The van der Waals surface area contributed by atoms with Crippen LogP contribution in [0.15, 0.2) is 18.2 Å². The Morgan fingerprint density at radius 2 is 2.17 bits per heavy atom. The Labute approximate surface area is 106 Å². The molecule has 18 heavy (non-hydrogen) atoms. The van der Waals surface area contributed by atoms with Crippen molar-refractivity contribution in [2.75, 3.05) is 13.2 Å². The Morgan fingerprint density at radius 1 is 1.28 bits per heavy atom. The number of hydrogen-bond acceptors (Lipinski definition) is 2. The normalized spacial score (nSPS) is 21.9. The smallest absolute Gasteiger partial charge is 0.129 e. The van der Waals surface area contributed by atoms with Gasteiger partial charge in [0.1, 0.15) is 18.5 Å². The van der Waals surface area contributed by atoms with Crippen LogP contribution in [0, 0.1) is 0 Å². The first-order valence-electron chi connectivity index (χ1n) is 6.78. The number of fused-ring (bicyclic) bond motifs is 3. The van der Waals surface area contributed by atoms with E-state index in [2.05, 4.69) is 23.2 Å². The minimum absolute atomic E-state index is 0.315. The van der Waals surface area contributed by atoms with E-state index >= 15 is 0 Å². The van der Waals surface area contributed by atoms with Crippen LogP contribution in [0.25, 0.3) is 10.9 Å². The van der Waals surface area contributed by atoms with Gasteiger partial charge in [0, 0.05) is 16.6 Å². The van der Waals surface area contributed by atoms with Crippen molar-refractivity contribution in [3.05, 3.63) is 29.5 Å². The van der Waals surface area contributed by atoms with E-state index in [9.17, 15) is 0 Å². The molecule has 3 heteroatoms. The third-order valence-corrected chi connectivity index (χ3v) is 3.91. The minimum Gasteiger partial charge on any atom is -0.490 e. The Kier molecular flexibility index (Phi) is 2.33. The zero-order valence-electron chi connectivity index (χ0n) is 10.4. The predicted molar refractivity (Wildman–Crippen MR) is 70.2 cm³/mol. The average molecular weight is 243 g/mol. The highest BCUT2D eigenvalue weighted by atomic mass is 16.6. The Balaban J connectivity index is 1.77. The van der Waals surface area contributed by atoms with Crippen molar-refractivity contribution in [3.8, 4) is 5.75 Å². The summed E-state index contributed by atoms with van der Waals surface area (Å²) >= 11 is 0. The highest BCUT2D eigenvalue weighted by Crippen LogP contribution is 2.35. The van der Waals surface area contributed by atoms with Gasteiger partial charge in [0.25, 0.3) is 0 Å². The molecule has 0 spiro atoms. The molecule has 0 amide bonds. The van der Waals surface area contributed by atoms with Crippen molar-refractivity contribution in [1.82, 2.24) is 4.98 Å². The van der Waals surface area contributed by atoms with Crippen LogP contribution in [0.2, 0.25) is 0 Å². The number of rotatable bonds is 3. The van der Waals surface area contributed by atoms with Gasteiger partial charge in [-0.15, -0.1) is 0 Å². The van der Waals surface area contributed by atoms with Gasteiger partial charge < -0.3 is 14.5 Å². The van der Waals surface area contributed by atoms with E-state index in [0.29, 0.717) is 12.7 Å². The summed E-state index contributed by atoms with van der Waals surface area (Å²) in [7, 11) is 0. The van der Waals surface area contributed by atoms with E-state index < -0.39 is 0 Å². The van der Waals surface area contributed by atoms with E-state index in [1.165, 1.54) is 47.8 Å². The summed E-state index contributed by atoms with van der Waals surface area (Å²) in [5, 5.41) is 1.30. The molecule has 1 aromatic carbocycles. The maximum atomic E-state index is 5.92. The lowest BCUT2D eigenvalue weighted by Gasteiger charge is -2.12. The predicted octanol–water partition coefficient (Wildman–Crippen LogP) is 2.82. The van der Waals surface area contributed by atoms with Crippen LogP contribution in [-0.4, -0.2) is 24.3 Å². The molecule has 0 saturated carbocycles. The number of nitrogens with one attached hydrogen (secondary N) is 1. The second-order valence-corrected chi connectivity index (χ2v) is 5.23. The number of benzene rings is 1. The fourth-order valence-corrected chi connectivity index (χ4v) is 2.90. The highest BCUT2D eigenvalue weighted by Gasteiger charge is 2.24. The fourth-order valence-electron chi connectivity index (χ4n) is 2.90. The molecule has 2 aliphatic rings. The number of aromatic nitrogens is 1. The van der Waals surface area contributed by atoms with E-state index in [4.69, 9.17) is 9.47 Å². The van der Waals surface area contributed by atoms with Gasteiger partial charge in [-0.3, -0.25) is 0 Å². The monoisotopic (exact) mass is 243 g/mol. The third kappa shape index (κ3) is 1.70. The topological polar surface area (TPSA) is 37.5 Å². The summed E-state index contributed by atoms with van der Waals surface area (Å²) < 4.78 is 11.1. The van der Waals surface area contributed by atoms with Crippen LogP contribution < -0.4 is 4.74 Å². The van der Waals surface area contributed by atoms with Crippen molar-refractivity contribution < 1.29 is 9.47 Å². The summed E-state index contributed by atoms with van der Waals surface area (Å²) in [5.74, 6) is 1.02.